The van der Waals surface area contributed by atoms with E-state index in [9.17, 15) is 38.4 Å². The van der Waals surface area contributed by atoms with Gasteiger partial charge in [0.1, 0.15) is 25.4 Å². The molecule has 1 unspecified atom stereocenters. The lowest BCUT2D eigenvalue weighted by Crippen LogP contribution is -2.67. The third-order valence-electron chi connectivity index (χ3n) is 12.4. The number of unbranched alkanes of at least 4 members (excludes halogenated alkanes) is 10. The van der Waals surface area contributed by atoms with Gasteiger partial charge in [0.25, 0.3) is 0 Å². The lowest BCUT2D eigenvalue weighted by molar-refractivity contribution is -0.372. The Balaban J connectivity index is 2.42. The molecule has 2 rings (SSSR count). The van der Waals surface area contributed by atoms with Crippen LogP contribution in [0.5, 0.6) is 0 Å². The van der Waals surface area contributed by atoms with Crippen molar-refractivity contribution >= 4 is 47.8 Å². The lowest BCUT2D eigenvalue weighted by Gasteiger charge is -2.49. The van der Waals surface area contributed by atoms with Gasteiger partial charge in [-0.25, -0.2) is 0 Å². The first-order valence-electron chi connectivity index (χ1n) is 27.8. The zero-order valence-electron chi connectivity index (χ0n) is 46.3. The van der Waals surface area contributed by atoms with E-state index >= 15 is 0 Å². The molecule has 0 spiro atoms. The predicted molar refractivity (Wildman–Crippen MR) is 271 cm³/mol. The minimum Gasteiger partial charge on any atom is -0.466 e. The number of carbonyl (C=O) groups excluding carboxylic acids is 8. The monoisotopic (exact) mass is 1070 g/mol. The molecule has 0 bridgehead atoms. The summed E-state index contributed by atoms with van der Waals surface area (Å²) in [7, 11) is 0. The Hall–Kier alpha value is -4.66. The van der Waals surface area contributed by atoms with E-state index < -0.39 is 123 Å². The average Bonchev–Trinajstić information content (AvgIpc) is 3.40. The summed E-state index contributed by atoms with van der Waals surface area (Å²) < 4.78 is 71.9. The topological polar surface area (TPSA) is 247 Å². The van der Waals surface area contributed by atoms with Crippen LogP contribution >= 0.6 is 0 Å². The fourth-order valence-electron chi connectivity index (χ4n) is 8.00. The van der Waals surface area contributed by atoms with Gasteiger partial charge in [-0.1, -0.05) is 112 Å². The molecule has 0 N–H and O–H groups in total. The summed E-state index contributed by atoms with van der Waals surface area (Å²) in [6.07, 6.45) is 1.76. The Morgan fingerprint density at radius 2 is 0.813 bits per heavy atom. The normalized spacial score (nSPS) is 23.9. The summed E-state index contributed by atoms with van der Waals surface area (Å²) in [5, 5.41) is 0. The van der Waals surface area contributed by atoms with Crippen molar-refractivity contribution in [1.82, 2.24) is 0 Å². The quantitative estimate of drug-likeness (QED) is 0.0243. The van der Waals surface area contributed by atoms with E-state index in [1.807, 2.05) is 6.92 Å². The van der Waals surface area contributed by atoms with E-state index in [1.165, 1.54) is 20.8 Å². The van der Waals surface area contributed by atoms with Crippen molar-refractivity contribution in [3.05, 3.63) is 12.2 Å². The molecular formula is C55H90O20. The van der Waals surface area contributed by atoms with Gasteiger partial charge in [0.05, 0.1) is 12.7 Å². The minimum absolute atomic E-state index is 0.0192. The highest BCUT2D eigenvalue weighted by Gasteiger charge is 2.58. The lowest BCUT2D eigenvalue weighted by atomic mass is 9.96. The molecule has 20 nitrogen and oxygen atoms in total. The number of rotatable bonds is 38. The molecule has 0 aromatic carbocycles. The maximum Gasteiger partial charge on any atom is 0.306 e. The highest BCUT2D eigenvalue weighted by atomic mass is 16.8. The largest absolute Gasteiger partial charge is 0.466 e. The fraction of sp³-hybridized carbons (Fsp3) is 0.818. The van der Waals surface area contributed by atoms with E-state index in [0.29, 0.717) is 19.4 Å². The van der Waals surface area contributed by atoms with Gasteiger partial charge >= 0.3 is 47.8 Å². The Labute approximate surface area is 444 Å². The summed E-state index contributed by atoms with van der Waals surface area (Å²) in [6, 6.07) is 0. The number of allylic oxidation sites excluding steroid dienone is 2. The van der Waals surface area contributed by atoms with Crippen LogP contribution in [0.2, 0.25) is 0 Å². The fourth-order valence-corrected chi connectivity index (χ4v) is 8.00. The predicted octanol–water partition coefficient (Wildman–Crippen LogP) is 8.71. The Bertz CT molecular complexity index is 1730. The number of esters is 8. The zero-order chi connectivity index (χ0) is 55.5. The van der Waals surface area contributed by atoms with Crippen molar-refractivity contribution in [1.29, 1.82) is 0 Å². The highest BCUT2D eigenvalue weighted by Crippen LogP contribution is 2.37. The molecule has 2 heterocycles. The molecule has 0 aromatic rings. The molecule has 0 amide bonds. The summed E-state index contributed by atoms with van der Waals surface area (Å²) in [5.41, 5.74) is 0. The van der Waals surface area contributed by atoms with Gasteiger partial charge in [-0.2, -0.15) is 0 Å². The Morgan fingerprint density at radius 3 is 1.28 bits per heavy atom. The molecule has 0 radical (unpaired) electrons. The Kier molecular flexibility index (Phi) is 34.4. The van der Waals surface area contributed by atoms with Gasteiger partial charge in [0.15, 0.2) is 49.2 Å². The molecule has 20 heteroatoms. The first kappa shape index (κ1) is 66.5. The van der Waals surface area contributed by atoms with Crippen molar-refractivity contribution in [2.75, 3.05) is 19.8 Å². The standard InChI is InChI=1S/C55H90O20/c1-10-18-34-64-47(63)33-31-29-27-25-23-21-19-20-22-24-26-28-30-32-37(9)67-54-53(51(73-45(61)16-7)49(71-43(59)14-5)38(68-54)35-65-40(56)11-2)75-55-52(74-46(62)17-8)50(72-44(60)15-6)48(70-42(58)13-4)39(69-55)36-66-41(57)12-3/h19-20,37-39,48-55H,10-18,21-36H2,1-9H3/b20-19-/t37?,38-,39-,48-,49-,50+,51+,52-,53-,54-,55+/m1/s1. The van der Waals surface area contributed by atoms with Crippen LogP contribution in [0.3, 0.4) is 0 Å². The van der Waals surface area contributed by atoms with Crippen LogP contribution in [0, 0.1) is 0 Å². The van der Waals surface area contributed by atoms with Crippen molar-refractivity contribution in [3.8, 4) is 0 Å². The van der Waals surface area contributed by atoms with Crippen LogP contribution in [-0.2, 0) is 95.2 Å². The smallest absolute Gasteiger partial charge is 0.306 e. The van der Waals surface area contributed by atoms with Gasteiger partial charge < -0.3 is 56.8 Å². The van der Waals surface area contributed by atoms with E-state index in [0.717, 1.165) is 83.5 Å². The molecule has 0 aromatic heterocycles. The summed E-state index contributed by atoms with van der Waals surface area (Å²) in [5.74, 6) is -5.08. The van der Waals surface area contributed by atoms with Gasteiger partial charge in [-0.05, 0) is 51.9 Å². The van der Waals surface area contributed by atoms with Crippen molar-refractivity contribution in [2.45, 2.75) is 271 Å². The second-order valence-electron chi connectivity index (χ2n) is 18.6. The van der Waals surface area contributed by atoms with Crippen LogP contribution in [0.15, 0.2) is 12.2 Å². The maximum absolute atomic E-state index is 13.4. The molecule has 2 aliphatic rings. The molecule has 11 atom stereocenters. The zero-order valence-corrected chi connectivity index (χ0v) is 46.3. The molecular weight excluding hydrogens is 981 g/mol. The van der Waals surface area contributed by atoms with Crippen LogP contribution in [0.25, 0.3) is 0 Å². The van der Waals surface area contributed by atoms with Crippen LogP contribution in [0.1, 0.15) is 204 Å². The minimum atomic E-state index is -1.77. The molecule has 2 saturated heterocycles. The number of hydrogen-bond donors (Lipinski definition) is 0. The first-order valence-corrected chi connectivity index (χ1v) is 27.8. The van der Waals surface area contributed by atoms with E-state index in [4.69, 9.17) is 56.8 Å². The highest BCUT2D eigenvalue weighted by molar-refractivity contribution is 5.72. The SMILES string of the molecule is CCCCOC(=O)CCCCCCC/C=C\CCCCCCC(C)O[C@@H]1O[C@H](COC(=O)CC)[C@@H](OC(=O)CC)[C@H](OC(=O)CC)[C@H]1O[C@@H]1O[C@H](COC(=O)CC)[C@@H](OC(=O)CC)[C@H](OC(=O)CC)[C@H]1OC(=O)CC. The molecule has 0 saturated carbocycles. The van der Waals surface area contributed by atoms with E-state index in [2.05, 4.69) is 19.1 Å². The van der Waals surface area contributed by atoms with Crippen LogP contribution in [0.4, 0.5) is 0 Å². The maximum atomic E-state index is 13.4. The van der Waals surface area contributed by atoms with Crippen molar-refractivity contribution in [3.63, 3.8) is 0 Å². The molecule has 2 aliphatic heterocycles. The third kappa shape index (κ3) is 25.8. The summed E-state index contributed by atoms with van der Waals surface area (Å²) >= 11 is 0. The molecule has 2 fully saturated rings. The van der Waals surface area contributed by atoms with E-state index in [1.54, 1.807) is 27.7 Å². The molecule has 75 heavy (non-hydrogen) atoms. The van der Waals surface area contributed by atoms with Crippen LogP contribution in [-0.4, -0.2) is 135 Å². The number of ether oxygens (including phenoxy) is 12. The second kappa shape index (κ2) is 38.8. The van der Waals surface area contributed by atoms with Crippen LogP contribution < -0.4 is 0 Å². The summed E-state index contributed by atoms with van der Waals surface area (Å²) in [6.45, 7) is 14.3. The molecule has 0 aliphatic carbocycles. The van der Waals surface area contributed by atoms with Gasteiger partial charge in [0.2, 0.25) is 0 Å². The Morgan fingerprint density at radius 1 is 0.413 bits per heavy atom. The van der Waals surface area contributed by atoms with Crippen molar-refractivity contribution < 1.29 is 95.2 Å². The van der Waals surface area contributed by atoms with Gasteiger partial charge in [0, 0.05) is 51.4 Å². The third-order valence-corrected chi connectivity index (χ3v) is 12.4. The first-order chi connectivity index (χ1) is 36.1. The van der Waals surface area contributed by atoms with E-state index in [-0.39, 0.29) is 50.9 Å². The summed E-state index contributed by atoms with van der Waals surface area (Å²) in [4.78, 5) is 103. The average molecular weight is 1070 g/mol. The molecule has 430 valence electrons. The van der Waals surface area contributed by atoms with Gasteiger partial charge in [-0.3, -0.25) is 38.4 Å². The second-order valence-corrected chi connectivity index (χ2v) is 18.6. The van der Waals surface area contributed by atoms with Crippen molar-refractivity contribution in [2.24, 2.45) is 0 Å². The number of hydrogen-bond acceptors (Lipinski definition) is 20. The number of carbonyl (C=O) groups is 8. The van der Waals surface area contributed by atoms with Gasteiger partial charge in [-0.15, -0.1) is 0 Å².